The highest BCUT2D eigenvalue weighted by Crippen LogP contribution is 2.29. The maximum atomic E-state index is 13.1. The third-order valence-electron chi connectivity index (χ3n) is 3.28. The van der Waals surface area contributed by atoms with Gasteiger partial charge in [0.2, 0.25) is 0 Å². The van der Waals surface area contributed by atoms with Gasteiger partial charge in [0.1, 0.15) is 5.82 Å². The van der Waals surface area contributed by atoms with Crippen LogP contribution in [0.15, 0.2) is 18.2 Å². The van der Waals surface area contributed by atoms with Crippen molar-refractivity contribution in [2.75, 3.05) is 18.9 Å². The van der Waals surface area contributed by atoms with Crippen molar-refractivity contribution in [1.82, 2.24) is 20.2 Å². The number of rotatable bonds is 2. The number of tetrazole rings is 1. The molecule has 0 aliphatic carbocycles. The number of nitrogens with zero attached hydrogens (tertiary/aromatic N) is 4. The molecule has 2 N–H and O–H groups in total. The number of halogens is 1. The smallest absolute Gasteiger partial charge is 0.184 e. The van der Waals surface area contributed by atoms with Crippen LogP contribution in [-0.4, -0.2) is 33.4 Å². The summed E-state index contributed by atoms with van der Waals surface area (Å²) in [6.07, 6.45) is 1.72. The standard InChI is InChI=1S/C12H14FN5O/c13-8-1-2-10(11(14)7-8)12-15-16-17-18(12)9-3-5-19-6-4-9/h1-2,7,9H,3-6,14H2. The van der Waals surface area contributed by atoms with E-state index in [9.17, 15) is 4.39 Å². The minimum Gasteiger partial charge on any atom is -0.398 e. The third kappa shape index (κ3) is 2.28. The number of nitrogen functional groups attached to an aromatic ring is 1. The molecular formula is C12H14FN5O. The number of anilines is 1. The SMILES string of the molecule is Nc1cc(F)ccc1-c1nnnn1C1CCOCC1. The maximum absolute atomic E-state index is 13.1. The second-order valence-corrected chi connectivity index (χ2v) is 4.52. The van der Waals surface area contributed by atoms with Crippen molar-refractivity contribution in [3.05, 3.63) is 24.0 Å². The average molecular weight is 263 g/mol. The van der Waals surface area contributed by atoms with E-state index in [0.717, 1.165) is 12.8 Å². The summed E-state index contributed by atoms with van der Waals surface area (Å²) < 4.78 is 20.2. The molecule has 100 valence electrons. The number of nitrogens with two attached hydrogens (primary N) is 1. The molecule has 0 amide bonds. The Bertz CT molecular complexity index is 579. The van der Waals surface area contributed by atoms with E-state index >= 15 is 0 Å². The number of benzene rings is 1. The first-order valence-electron chi connectivity index (χ1n) is 6.16. The van der Waals surface area contributed by atoms with E-state index in [0.29, 0.717) is 30.3 Å². The first kappa shape index (κ1) is 12.0. The lowest BCUT2D eigenvalue weighted by Gasteiger charge is -2.22. The molecule has 1 aliphatic rings. The van der Waals surface area contributed by atoms with Crippen molar-refractivity contribution in [2.45, 2.75) is 18.9 Å². The molecular weight excluding hydrogens is 249 g/mol. The molecule has 0 unspecified atom stereocenters. The van der Waals surface area contributed by atoms with Crippen LogP contribution in [0, 0.1) is 5.82 Å². The number of hydrogen-bond acceptors (Lipinski definition) is 5. The van der Waals surface area contributed by atoms with Gasteiger partial charge in [-0.15, -0.1) is 5.10 Å². The summed E-state index contributed by atoms with van der Waals surface area (Å²) in [5.41, 5.74) is 6.82. The Labute approximate surface area is 109 Å². The highest BCUT2D eigenvalue weighted by Gasteiger charge is 2.22. The molecule has 0 spiro atoms. The van der Waals surface area contributed by atoms with Crippen LogP contribution in [0.1, 0.15) is 18.9 Å². The van der Waals surface area contributed by atoms with Gasteiger partial charge in [-0.2, -0.15) is 0 Å². The van der Waals surface area contributed by atoms with Crippen molar-refractivity contribution >= 4 is 5.69 Å². The van der Waals surface area contributed by atoms with Crippen molar-refractivity contribution in [2.24, 2.45) is 0 Å². The summed E-state index contributed by atoms with van der Waals surface area (Å²) in [4.78, 5) is 0. The van der Waals surface area contributed by atoms with E-state index in [1.807, 2.05) is 0 Å². The zero-order valence-corrected chi connectivity index (χ0v) is 10.3. The van der Waals surface area contributed by atoms with Crippen molar-refractivity contribution in [1.29, 1.82) is 0 Å². The highest BCUT2D eigenvalue weighted by molar-refractivity contribution is 5.71. The normalized spacial score (nSPS) is 16.7. The average Bonchev–Trinajstić information content (AvgIpc) is 2.89. The Morgan fingerprint density at radius 3 is 2.84 bits per heavy atom. The fourth-order valence-corrected chi connectivity index (χ4v) is 2.28. The van der Waals surface area contributed by atoms with Crippen LogP contribution >= 0.6 is 0 Å². The summed E-state index contributed by atoms with van der Waals surface area (Å²) in [5, 5.41) is 11.8. The van der Waals surface area contributed by atoms with Crippen LogP contribution in [0.5, 0.6) is 0 Å². The first-order chi connectivity index (χ1) is 9.25. The Balaban J connectivity index is 1.99. The number of aromatic nitrogens is 4. The summed E-state index contributed by atoms with van der Waals surface area (Å²) in [5.74, 6) is 0.204. The predicted molar refractivity (Wildman–Crippen MR) is 66.7 cm³/mol. The van der Waals surface area contributed by atoms with Gasteiger partial charge in [-0.3, -0.25) is 0 Å². The van der Waals surface area contributed by atoms with Gasteiger partial charge in [0.25, 0.3) is 0 Å². The van der Waals surface area contributed by atoms with Gasteiger partial charge in [0.15, 0.2) is 5.82 Å². The van der Waals surface area contributed by atoms with Gasteiger partial charge >= 0.3 is 0 Å². The van der Waals surface area contributed by atoms with Gasteiger partial charge < -0.3 is 10.5 Å². The van der Waals surface area contributed by atoms with Gasteiger partial charge in [-0.25, -0.2) is 9.07 Å². The molecule has 7 heteroatoms. The lowest BCUT2D eigenvalue weighted by Crippen LogP contribution is -2.21. The van der Waals surface area contributed by atoms with Gasteiger partial charge in [0, 0.05) is 24.5 Å². The van der Waals surface area contributed by atoms with Crippen LogP contribution in [0.25, 0.3) is 11.4 Å². The minimum absolute atomic E-state index is 0.197. The Morgan fingerprint density at radius 1 is 1.32 bits per heavy atom. The molecule has 1 fully saturated rings. The monoisotopic (exact) mass is 263 g/mol. The molecule has 2 aromatic rings. The van der Waals surface area contributed by atoms with Crippen LogP contribution in [0.4, 0.5) is 10.1 Å². The van der Waals surface area contributed by atoms with E-state index in [2.05, 4.69) is 15.5 Å². The topological polar surface area (TPSA) is 78.9 Å². The number of hydrogen-bond donors (Lipinski definition) is 1. The molecule has 19 heavy (non-hydrogen) atoms. The summed E-state index contributed by atoms with van der Waals surface area (Å²) >= 11 is 0. The lowest BCUT2D eigenvalue weighted by molar-refractivity contribution is 0.0662. The van der Waals surface area contributed by atoms with Crippen molar-refractivity contribution < 1.29 is 9.13 Å². The predicted octanol–water partition coefficient (Wildman–Crippen LogP) is 1.41. The van der Waals surface area contributed by atoms with Gasteiger partial charge in [-0.05, 0) is 41.5 Å². The quantitative estimate of drug-likeness (QED) is 0.829. The fraction of sp³-hybridized carbons (Fsp3) is 0.417. The maximum Gasteiger partial charge on any atom is 0.184 e. The van der Waals surface area contributed by atoms with E-state index in [1.54, 1.807) is 10.7 Å². The third-order valence-corrected chi connectivity index (χ3v) is 3.28. The number of ether oxygens (including phenoxy) is 1. The molecule has 0 atom stereocenters. The van der Waals surface area contributed by atoms with E-state index in [-0.39, 0.29) is 11.9 Å². The van der Waals surface area contributed by atoms with Crippen molar-refractivity contribution in [3.63, 3.8) is 0 Å². The summed E-state index contributed by atoms with van der Waals surface area (Å²) in [6.45, 7) is 1.39. The van der Waals surface area contributed by atoms with Crippen molar-refractivity contribution in [3.8, 4) is 11.4 Å². The van der Waals surface area contributed by atoms with Crippen LogP contribution in [-0.2, 0) is 4.74 Å². The Kier molecular flexibility index (Phi) is 3.12. The molecule has 2 heterocycles. The van der Waals surface area contributed by atoms with Crippen LogP contribution in [0.2, 0.25) is 0 Å². The molecule has 6 nitrogen and oxygen atoms in total. The Morgan fingerprint density at radius 2 is 2.11 bits per heavy atom. The minimum atomic E-state index is -0.369. The zero-order valence-electron chi connectivity index (χ0n) is 10.3. The molecule has 1 aromatic carbocycles. The summed E-state index contributed by atoms with van der Waals surface area (Å²) in [7, 11) is 0. The first-order valence-corrected chi connectivity index (χ1v) is 6.16. The second-order valence-electron chi connectivity index (χ2n) is 4.52. The van der Waals surface area contributed by atoms with E-state index in [1.165, 1.54) is 12.1 Å². The van der Waals surface area contributed by atoms with Gasteiger partial charge in [-0.1, -0.05) is 0 Å². The summed E-state index contributed by atoms with van der Waals surface area (Å²) in [6, 6.07) is 4.43. The van der Waals surface area contributed by atoms with Crippen LogP contribution < -0.4 is 5.73 Å². The molecule has 1 aliphatic heterocycles. The van der Waals surface area contributed by atoms with E-state index < -0.39 is 0 Å². The van der Waals surface area contributed by atoms with Gasteiger partial charge in [0.05, 0.1) is 6.04 Å². The zero-order chi connectivity index (χ0) is 13.2. The molecule has 1 saturated heterocycles. The second kappa shape index (κ2) is 4.93. The largest absolute Gasteiger partial charge is 0.398 e. The molecule has 0 saturated carbocycles. The fourth-order valence-electron chi connectivity index (χ4n) is 2.28. The molecule has 0 radical (unpaired) electrons. The molecule has 0 bridgehead atoms. The highest BCUT2D eigenvalue weighted by atomic mass is 19.1. The Hall–Kier alpha value is -2.02. The van der Waals surface area contributed by atoms with E-state index in [4.69, 9.17) is 10.5 Å². The molecule has 3 rings (SSSR count). The molecule has 1 aromatic heterocycles. The lowest BCUT2D eigenvalue weighted by atomic mass is 10.1. The van der Waals surface area contributed by atoms with Crippen LogP contribution in [0.3, 0.4) is 0 Å².